The van der Waals surface area contributed by atoms with Crippen molar-refractivity contribution in [3.63, 3.8) is 0 Å². The van der Waals surface area contributed by atoms with E-state index in [1.807, 2.05) is 18.3 Å². The summed E-state index contributed by atoms with van der Waals surface area (Å²) < 4.78 is 0. The molecule has 0 aliphatic rings. The van der Waals surface area contributed by atoms with Crippen molar-refractivity contribution in [3.8, 4) is 11.3 Å². The maximum absolute atomic E-state index is 4.11. The summed E-state index contributed by atoms with van der Waals surface area (Å²) in [5.41, 5.74) is 1.91. The lowest BCUT2D eigenvalue weighted by atomic mass is 10.2. The van der Waals surface area contributed by atoms with Crippen LogP contribution in [0.15, 0.2) is 30.7 Å². The summed E-state index contributed by atoms with van der Waals surface area (Å²) >= 11 is 0. The maximum Gasteiger partial charge on any atom is 0.0733 e. The van der Waals surface area contributed by atoms with E-state index in [1.54, 1.807) is 12.4 Å². The average Bonchev–Trinajstić information content (AvgIpc) is 2.58. The average molecular weight is 144 g/mol. The highest BCUT2D eigenvalue weighted by Crippen LogP contribution is 2.12. The van der Waals surface area contributed by atoms with Gasteiger partial charge in [-0.2, -0.15) is 5.10 Å². The van der Waals surface area contributed by atoms with Crippen LogP contribution in [-0.4, -0.2) is 15.2 Å². The summed E-state index contributed by atoms with van der Waals surface area (Å²) in [7, 11) is 0. The Labute approximate surface area is 64.1 Å². The van der Waals surface area contributed by atoms with Crippen LogP contribution in [0.1, 0.15) is 0 Å². The Morgan fingerprint density at radius 1 is 1.45 bits per heavy atom. The molecule has 2 rings (SSSR count). The number of nitrogens with zero attached hydrogens (tertiary/aromatic N) is 2. The molecule has 3 nitrogen and oxygen atoms in total. The highest BCUT2D eigenvalue weighted by Gasteiger charge is 1.96. The van der Waals surface area contributed by atoms with Gasteiger partial charge in [-0.3, -0.25) is 10.1 Å². The third-order valence-electron chi connectivity index (χ3n) is 1.41. The number of aromatic nitrogens is 3. The maximum atomic E-state index is 4.11. The monoisotopic (exact) mass is 144 g/mol. The molecule has 1 N–H and O–H groups in total. The van der Waals surface area contributed by atoms with Crippen molar-refractivity contribution in [1.29, 1.82) is 0 Å². The summed E-state index contributed by atoms with van der Waals surface area (Å²) in [5, 5.41) is 6.55. The van der Waals surface area contributed by atoms with Gasteiger partial charge in [0.2, 0.25) is 0 Å². The molecule has 0 aliphatic carbocycles. The van der Waals surface area contributed by atoms with Gasteiger partial charge >= 0.3 is 0 Å². The summed E-state index contributed by atoms with van der Waals surface area (Å²) in [6.45, 7) is 0. The van der Waals surface area contributed by atoms with Crippen molar-refractivity contribution in [2.75, 3.05) is 0 Å². The summed E-state index contributed by atoms with van der Waals surface area (Å²) in [6.07, 6.45) is 5.19. The van der Waals surface area contributed by atoms with Gasteiger partial charge in [0.05, 0.1) is 11.9 Å². The molecular formula is C8H6N3. The molecule has 0 aliphatic heterocycles. The van der Waals surface area contributed by atoms with E-state index >= 15 is 0 Å². The van der Waals surface area contributed by atoms with E-state index in [9.17, 15) is 0 Å². The molecule has 2 aromatic rings. The van der Waals surface area contributed by atoms with Crippen LogP contribution in [0.4, 0.5) is 0 Å². The molecule has 0 aromatic carbocycles. The van der Waals surface area contributed by atoms with E-state index in [-0.39, 0.29) is 0 Å². The quantitative estimate of drug-likeness (QED) is 0.654. The van der Waals surface area contributed by atoms with Gasteiger partial charge in [0.15, 0.2) is 0 Å². The second kappa shape index (κ2) is 2.54. The minimum Gasteiger partial charge on any atom is -0.285 e. The predicted molar refractivity (Wildman–Crippen MR) is 40.7 cm³/mol. The van der Waals surface area contributed by atoms with Gasteiger partial charge in [-0.25, -0.2) is 0 Å². The van der Waals surface area contributed by atoms with Crippen LogP contribution in [0.3, 0.4) is 0 Å². The third kappa shape index (κ3) is 1.12. The normalized spacial score (nSPS) is 9.82. The molecule has 0 bridgehead atoms. The summed E-state index contributed by atoms with van der Waals surface area (Å²) in [4.78, 5) is 4.11. The number of H-pyrrole nitrogens is 1. The van der Waals surface area contributed by atoms with E-state index in [0.717, 1.165) is 11.3 Å². The highest BCUT2D eigenvalue weighted by molar-refractivity contribution is 5.55. The first-order chi connectivity index (χ1) is 5.47. The van der Waals surface area contributed by atoms with Gasteiger partial charge in [-0.05, 0) is 6.07 Å². The first-order valence-corrected chi connectivity index (χ1v) is 3.28. The standard InChI is InChI=1S/C8H6N3/c1-2-4-9-8(3-1)7-5-10-11-6-7/h1,3-6H,(H,10,11). The molecule has 0 atom stereocenters. The number of pyridine rings is 1. The number of hydrogen-bond acceptors (Lipinski definition) is 2. The van der Waals surface area contributed by atoms with Crippen molar-refractivity contribution in [2.24, 2.45) is 0 Å². The smallest absolute Gasteiger partial charge is 0.0733 e. The van der Waals surface area contributed by atoms with Gasteiger partial charge in [0, 0.05) is 24.0 Å². The molecule has 3 heteroatoms. The zero-order chi connectivity index (χ0) is 7.52. The van der Waals surface area contributed by atoms with Crippen LogP contribution >= 0.6 is 0 Å². The Balaban J connectivity index is 2.46. The largest absolute Gasteiger partial charge is 0.285 e. The molecule has 0 amide bonds. The zero-order valence-electron chi connectivity index (χ0n) is 5.78. The molecular weight excluding hydrogens is 138 g/mol. The molecule has 2 aromatic heterocycles. The summed E-state index contributed by atoms with van der Waals surface area (Å²) in [6, 6.07) is 6.58. The lowest BCUT2D eigenvalue weighted by molar-refractivity contribution is 1.09. The molecule has 2 heterocycles. The van der Waals surface area contributed by atoms with Crippen molar-refractivity contribution < 1.29 is 0 Å². The van der Waals surface area contributed by atoms with Crippen LogP contribution < -0.4 is 0 Å². The van der Waals surface area contributed by atoms with Gasteiger partial charge < -0.3 is 0 Å². The van der Waals surface area contributed by atoms with Crippen molar-refractivity contribution >= 4 is 0 Å². The lowest BCUT2D eigenvalue weighted by Gasteiger charge is -1.91. The van der Waals surface area contributed by atoms with E-state index in [0.29, 0.717) is 0 Å². The molecule has 0 fully saturated rings. The van der Waals surface area contributed by atoms with E-state index in [2.05, 4.69) is 21.2 Å². The van der Waals surface area contributed by atoms with E-state index < -0.39 is 0 Å². The fourth-order valence-electron chi connectivity index (χ4n) is 0.882. The first kappa shape index (κ1) is 6.09. The van der Waals surface area contributed by atoms with Crippen LogP contribution in [0.2, 0.25) is 0 Å². The molecule has 1 radical (unpaired) electrons. The summed E-state index contributed by atoms with van der Waals surface area (Å²) in [5.74, 6) is 0. The number of rotatable bonds is 1. The Morgan fingerprint density at radius 2 is 2.45 bits per heavy atom. The van der Waals surface area contributed by atoms with Gasteiger partial charge in [0.25, 0.3) is 0 Å². The highest BCUT2D eigenvalue weighted by atomic mass is 15.1. The molecule has 0 saturated carbocycles. The predicted octanol–water partition coefficient (Wildman–Crippen LogP) is 1.27. The Morgan fingerprint density at radius 3 is 3.09 bits per heavy atom. The van der Waals surface area contributed by atoms with E-state index in [4.69, 9.17) is 0 Å². The van der Waals surface area contributed by atoms with Gasteiger partial charge in [0.1, 0.15) is 0 Å². The second-order valence-electron chi connectivity index (χ2n) is 2.13. The SMILES string of the molecule is [c]1ccc(-c2cn[nH]c2)nc1. The third-order valence-corrected chi connectivity index (χ3v) is 1.41. The lowest BCUT2D eigenvalue weighted by Crippen LogP contribution is -1.77. The van der Waals surface area contributed by atoms with Gasteiger partial charge in [-0.15, -0.1) is 0 Å². The number of aromatic amines is 1. The molecule has 0 saturated heterocycles. The van der Waals surface area contributed by atoms with Crippen LogP contribution in [0.25, 0.3) is 11.3 Å². The minimum absolute atomic E-state index is 0.914. The van der Waals surface area contributed by atoms with Crippen LogP contribution in [0, 0.1) is 6.07 Å². The fraction of sp³-hybridized carbons (Fsp3) is 0. The molecule has 11 heavy (non-hydrogen) atoms. The molecule has 0 spiro atoms. The Hall–Kier alpha value is -1.64. The van der Waals surface area contributed by atoms with Crippen molar-refractivity contribution in [2.45, 2.75) is 0 Å². The molecule has 53 valence electrons. The van der Waals surface area contributed by atoms with Gasteiger partial charge in [-0.1, -0.05) is 6.07 Å². The number of nitrogens with one attached hydrogen (secondary N) is 1. The molecule has 0 unspecified atom stereocenters. The second-order valence-corrected chi connectivity index (χ2v) is 2.13. The Bertz CT molecular complexity index is 312. The first-order valence-electron chi connectivity index (χ1n) is 3.28. The van der Waals surface area contributed by atoms with Crippen molar-refractivity contribution in [1.82, 2.24) is 15.2 Å². The minimum atomic E-state index is 0.914. The Kier molecular flexibility index (Phi) is 1.41. The number of hydrogen-bond donors (Lipinski definition) is 1. The zero-order valence-corrected chi connectivity index (χ0v) is 5.78. The van der Waals surface area contributed by atoms with Crippen LogP contribution in [-0.2, 0) is 0 Å². The fourth-order valence-corrected chi connectivity index (χ4v) is 0.882. The van der Waals surface area contributed by atoms with E-state index in [1.165, 1.54) is 0 Å². The van der Waals surface area contributed by atoms with Crippen LogP contribution in [0.5, 0.6) is 0 Å². The van der Waals surface area contributed by atoms with Crippen molar-refractivity contribution in [3.05, 3.63) is 36.8 Å². The topological polar surface area (TPSA) is 41.6 Å².